The molecule has 0 aliphatic rings. The van der Waals surface area contributed by atoms with E-state index in [4.69, 9.17) is 10.2 Å². The molecule has 0 atom stereocenters. The van der Waals surface area contributed by atoms with Gasteiger partial charge in [0.15, 0.2) is 0 Å². The molecule has 0 bridgehead atoms. The summed E-state index contributed by atoms with van der Waals surface area (Å²) in [4.78, 5) is 11.5. The van der Waals surface area contributed by atoms with E-state index in [1.165, 1.54) is 6.07 Å². The number of sulfonamides is 1. The molecule has 1 amide bonds. The third-order valence-electron chi connectivity index (χ3n) is 1.97. The van der Waals surface area contributed by atoms with Gasteiger partial charge in [-0.1, -0.05) is 0 Å². The van der Waals surface area contributed by atoms with Gasteiger partial charge in [-0.15, -0.1) is 0 Å². The van der Waals surface area contributed by atoms with Gasteiger partial charge in [-0.2, -0.15) is 0 Å². The SMILES string of the molecule is NS(=O)(=O)c1cc(C(=O)NCCO)c(Br)cc1Br. The second-order valence-corrected chi connectivity index (χ2v) is 6.53. The number of aliphatic hydroxyl groups is 1. The first-order valence-corrected chi connectivity index (χ1v) is 7.81. The molecule has 0 radical (unpaired) electrons. The molecule has 1 aromatic rings. The number of benzene rings is 1. The zero-order valence-corrected chi connectivity index (χ0v) is 13.0. The topological polar surface area (TPSA) is 109 Å². The fraction of sp³-hybridized carbons (Fsp3) is 0.222. The number of rotatable bonds is 4. The highest BCUT2D eigenvalue weighted by Crippen LogP contribution is 2.28. The third-order valence-corrected chi connectivity index (χ3v) is 4.50. The maximum Gasteiger partial charge on any atom is 0.252 e. The second kappa shape index (κ2) is 6.11. The summed E-state index contributed by atoms with van der Waals surface area (Å²) in [6.45, 7) is -0.131. The van der Waals surface area contributed by atoms with Gasteiger partial charge in [0.05, 0.1) is 17.1 Å². The average Bonchev–Trinajstić information content (AvgIpc) is 2.24. The zero-order chi connectivity index (χ0) is 13.9. The third kappa shape index (κ3) is 3.75. The molecular formula is C9H10Br2N2O4S. The lowest BCUT2D eigenvalue weighted by molar-refractivity contribution is 0.0944. The Bertz CT molecular complexity index is 574. The van der Waals surface area contributed by atoms with Crippen LogP contribution in [0.4, 0.5) is 0 Å². The molecule has 0 heterocycles. The Morgan fingerprint density at radius 3 is 2.44 bits per heavy atom. The first kappa shape index (κ1) is 15.6. The molecule has 18 heavy (non-hydrogen) atoms. The number of hydrogen-bond donors (Lipinski definition) is 3. The standard InChI is InChI=1S/C9H10Br2N2O4S/c10-6-4-7(11)8(18(12,16)17)3-5(6)9(15)13-1-2-14/h3-4,14H,1-2H2,(H,13,15)(H2,12,16,17). The summed E-state index contributed by atoms with van der Waals surface area (Å²) < 4.78 is 23.3. The van der Waals surface area contributed by atoms with Crippen molar-refractivity contribution in [2.24, 2.45) is 5.14 Å². The Kier molecular flexibility index (Phi) is 5.29. The van der Waals surface area contributed by atoms with Crippen LogP contribution in [0.5, 0.6) is 0 Å². The Morgan fingerprint density at radius 2 is 1.94 bits per heavy atom. The Morgan fingerprint density at radius 1 is 1.33 bits per heavy atom. The summed E-state index contributed by atoms with van der Waals surface area (Å²) in [5.41, 5.74) is 0.121. The van der Waals surface area contributed by atoms with Gasteiger partial charge in [-0.3, -0.25) is 4.79 Å². The van der Waals surface area contributed by atoms with Crippen molar-refractivity contribution in [3.63, 3.8) is 0 Å². The van der Waals surface area contributed by atoms with Gasteiger partial charge in [0.25, 0.3) is 5.91 Å². The van der Waals surface area contributed by atoms with Crippen LogP contribution in [0, 0.1) is 0 Å². The molecule has 0 fully saturated rings. The molecule has 1 rings (SSSR count). The van der Waals surface area contributed by atoms with Gasteiger partial charge in [0.2, 0.25) is 10.0 Å². The zero-order valence-electron chi connectivity index (χ0n) is 8.98. The van der Waals surface area contributed by atoms with E-state index in [2.05, 4.69) is 37.2 Å². The number of primary sulfonamides is 1. The Balaban J connectivity index is 3.26. The average molecular weight is 402 g/mol. The first-order valence-electron chi connectivity index (χ1n) is 4.68. The quantitative estimate of drug-likeness (QED) is 0.685. The number of halogens is 2. The number of hydrogen-bond acceptors (Lipinski definition) is 4. The van der Waals surface area contributed by atoms with Crippen LogP contribution in [0.3, 0.4) is 0 Å². The van der Waals surface area contributed by atoms with Crippen LogP contribution in [-0.4, -0.2) is 32.6 Å². The monoisotopic (exact) mass is 400 g/mol. The first-order chi connectivity index (χ1) is 8.27. The van der Waals surface area contributed by atoms with Crippen molar-refractivity contribution in [3.05, 3.63) is 26.6 Å². The van der Waals surface area contributed by atoms with Gasteiger partial charge in [0.1, 0.15) is 0 Å². The highest BCUT2D eigenvalue weighted by Gasteiger charge is 2.19. The smallest absolute Gasteiger partial charge is 0.252 e. The van der Waals surface area contributed by atoms with Crippen molar-refractivity contribution in [1.29, 1.82) is 0 Å². The summed E-state index contributed by atoms with van der Waals surface area (Å²) in [7, 11) is -3.92. The van der Waals surface area contributed by atoms with Crippen LogP contribution < -0.4 is 10.5 Å². The van der Waals surface area contributed by atoms with Crippen molar-refractivity contribution in [2.75, 3.05) is 13.2 Å². The lowest BCUT2D eigenvalue weighted by Crippen LogP contribution is -2.27. The van der Waals surface area contributed by atoms with Gasteiger partial charge in [0, 0.05) is 15.5 Å². The van der Waals surface area contributed by atoms with Crippen molar-refractivity contribution >= 4 is 47.8 Å². The number of carbonyl (C=O) groups excluding carboxylic acids is 1. The molecule has 0 aromatic heterocycles. The minimum absolute atomic E-state index is 0.0754. The predicted molar refractivity (Wildman–Crippen MR) is 72.6 cm³/mol. The van der Waals surface area contributed by atoms with Crippen molar-refractivity contribution in [3.8, 4) is 0 Å². The molecule has 0 unspecified atom stereocenters. The number of nitrogens with one attached hydrogen (secondary N) is 1. The Hall–Kier alpha value is -0.480. The minimum atomic E-state index is -3.92. The molecule has 0 saturated carbocycles. The summed E-state index contributed by atoms with van der Waals surface area (Å²) in [6.07, 6.45) is 0. The van der Waals surface area contributed by atoms with Crippen molar-refractivity contribution < 1.29 is 18.3 Å². The molecular weight excluding hydrogens is 392 g/mol. The molecule has 1 aromatic carbocycles. The van der Waals surface area contributed by atoms with Crippen LogP contribution in [-0.2, 0) is 10.0 Å². The van der Waals surface area contributed by atoms with Crippen LogP contribution in [0.25, 0.3) is 0 Å². The van der Waals surface area contributed by atoms with E-state index in [-0.39, 0.29) is 28.1 Å². The van der Waals surface area contributed by atoms with Crippen LogP contribution >= 0.6 is 31.9 Å². The highest BCUT2D eigenvalue weighted by molar-refractivity contribution is 9.11. The molecule has 9 heteroatoms. The van der Waals surface area contributed by atoms with Gasteiger partial charge in [-0.25, -0.2) is 13.6 Å². The number of nitrogens with two attached hydrogens (primary N) is 1. The maximum atomic E-state index is 11.7. The summed E-state index contributed by atoms with van der Waals surface area (Å²) in [6, 6.07) is 2.59. The lowest BCUT2D eigenvalue weighted by Gasteiger charge is -2.09. The summed E-state index contributed by atoms with van der Waals surface area (Å²) in [5, 5.41) is 16.1. The van der Waals surface area contributed by atoms with Crippen LogP contribution in [0.1, 0.15) is 10.4 Å². The Labute approximate surface area is 121 Å². The fourth-order valence-corrected chi connectivity index (χ4v) is 3.65. The van der Waals surface area contributed by atoms with E-state index >= 15 is 0 Å². The predicted octanol–water partition coefficient (Wildman–Crippen LogP) is 0.581. The summed E-state index contributed by atoms with van der Waals surface area (Å²) >= 11 is 6.21. The summed E-state index contributed by atoms with van der Waals surface area (Å²) in [5.74, 6) is -0.506. The van der Waals surface area contributed by atoms with Gasteiger partial charge in [-0.05, 0) is 44.0 Å². The lowest BCUT2D eigenvalue weighted by atomic mass is 10.2. The van der Waals surface area contributed by atoms with Gasteiger partial charge < -0.3 is 10.4 Å². The highest BCUT2D eigenvalue weighted by atomic mass is 79.9. The molecule has 0 saturated heterocycles. The fourth-order valence-electron chi connectivity index (χ4n) is 1.19. The van der Waals surface area contributed by atoms with Gasteiger partial charge >= 0.3 is 0 Å². The molecule has 0 spiro atoms. The van der Waals surface area contributed by atoms with E-state index in [9.17, 15) is 13.2 Å². The molecule has 4 N–H and O–H groups in total. The number of carbonyl (C=O) groups is 1. The van der Waals surface area contributed by atoms with E-state index in [1.54, 1.807) is 0 Å². The van der Waals surface area contributed by atoms with Crippen molar-refractivity contribution in [1.82, 2.24) is 5.32 Å². The second-order valence-electron chi connectivity index (χ2n) is 3.29. The molecule has 6 nitrogen and oxygen atoms in total. The van der Waals surface area contributed by atoms with Crippen molar-refractivity contribution in [2.45, 2.75) is 4.90 Å². The number of amides is 1. The normalized spacial score (nSPS) is 11.3. The van der Waals surface area contributed by atoms with Crippen LogP contribution in [0.2, 0.25) is 0 Å². The van der Waals surface area contributed by atoms with E-state index in [0.717, 1.165) is 6.07 Å². The molecule has 0 aliphatic heterocycles. The minimum Gasteiger partial charge on any atom is -0.395 e. The molecule has 100 valence electrons. The van der Waals surface area contributed by atoms with E-state index in [1.807, 2.05) is 0 Å². The molecule has 0 aliphatic carbocycles. The van der Waals surface area contributed by atoms with E-state index < -0.39 is 15.9 Å². The number of aliphatic hydroxyl groups excluding tert-OH is 1. The maximum absolute atomic E-state index is 11.7. The van der Waals surface area contributed by atoms with Crippen LogP contribution in [0.15, 0.2) is 26.0 Å². The van der Waals surface area contributed by atoms with E-state index in [0.29, 0.717) is 4.47 Å². The largest absolute Gasteiger partial charge is 0.395 e.